The lowest BCUT2D eigenvalue weighted by atomic mass is 10.0. The molecule has 11 heteroatoms. The van der Waals surface area contributed by atoms with E-state index in [1.165, 1.54) is 24.5 Å². The molecule has 0 saturated heterocycles. The molecular weight excluding hydrogens is 434 g/mol. The number of benzene rings is 1. The van der Waals surface area contributed by atoms with Crippen molar-refractivity contribution < 1.29 is 19.5 Å². The summed E-state index contributed by atoms with van der Waals surface area (Å²) in [4.78, 5) is 42.2. The summed E-state index contributed by atoms with van der Waals surface area (Å²) in [7, 11) is 0. The molecule has 3 rings (SSSR count). The highest BCUT2D eigenvalue weighted by Gasteiger charge is 2.17. The molecule has 0 aliphatic rings. The molecule has 0 radical (unpaired) electrons. The number of carbonyl (C=O) groups excluding carboxylic acids is 2. The van der Waals surface area contributed by atoms with Gasteiger partial charge in [0.25, 0.3) is 11.5 Å². The third-order valence-electron chi connectivity index (χ3n) is 4.35. The first-order valence-electron chi connectivity index (χ1n) is 9.44. The highest BCUT2D eigenvalue weighted by atomic mass is 32.1. The predicted molar refractivity (Wildman–Crippen MR) is 120 cm³/mol. The molecule has 164 valence electrons. The van der Waals surface area contributed by atoms with E-state index in [0.29, 0.717) is 28.9 Å². The standard InChI is InChI=1S/C21H19N5O5S/c1-12(27)23-6-7-24-17(28)10-31-25-9-13-2-4-14(5-3-13)16-11-32-21-18(16)19(29)15(8-22)20(30)26-21/h2-5,9,11H,6-7,10H2,1H3,(H,23,27)(H,24,28)(H2,26,29,30). The van der Waals surface area contributed by atoms with E-state index in [-0.39, 0.29) is 29.7 Å². The molecule has 0 bridgehead atoms. The van der Waals surface area contributed by atoms with Crippen LogP contribution < -0.4 is 16.2 Å². The number of fused-ring (bicyclic) bond motifs is 1. The second-order valence-corrected chi connectivity index (χ2v) is 7.49. The van der Waals surface area contributed by atoms with Crippen molar-refractivity contribution in [2.45, 2.75) is 6.92 Å². The second kappa shape index (κ2) is 10.2. The molecule has 0 aliphatic heterocycles. The van der Waals surface area contributed by atoms with Crippen LogP contribution in [0.5, 0.6) is 5.75 Å². The van der Waals surface area contributed by atoms with Crippen molar-refractivity contribution in [3.8, 4) is 22.9 Å². The number of amides is 2. The van der Waals surface area contributed by atoms with Gasteiger partial charge in [-0.1, -0.05) is 29.4 Å². The van der Waals surface area contributed by atoms with Crippen LogP contribution in [0.2, 0.25) is 0 Å². The number of carbonyl (C=O) groups is 2. The zero-order chi connectivity index (χ0) is 23.1. The molecule has 3 aromatic rings. The quantitative estimate of drug-likeness (QED) is 0.230. The molecule has 0 fully saturated rings. The Kier molecular flexibility index (Phi) is 7.20. The van der Waals surface area contributed by atoms with Gasteiger partial charge in [-0.15, -0.1) is 11.3 Å². The summed E-state index contributed by atoms with van der Waals surface area (Å²) >= 11 is 1.26. The Hall–Kier alpha value is -4.17. The SMILES string of the molecule is CC(=O)NCCNC(=O)CON=Cc1ccc(-c2csc3[nH]c(=O)c(C#N)c(O)c23)cc1. The number of aromatic hydroxyl groups is 1. The third kappa shape index (κ3) is 5.30. The smallest absolute Gasteiger partial charge is 0.270 e. The van der Waals surface area contributed by atoms with Crippen LogP contribution in [0.25, 0.3) is 21.3 Å². The van der Waals surface area contributed by atoms with Crippen LogP contribution >= 0.6 is 11.3 Å². The monoisotopic (exact) mass is 453 g/mol. The third-order valence-corrected chi connectivity index (χ3v) is 5.24. The van der Waals surface area contributed by atoms with E-state index in [2.05, 4.69) is 20.8 Å². The minimum Gasteiger partial charge on any atom is -0.506 e. The lowest BCUT2D eigenvalue weighted by Gasteiger charge is -2.05. The Labute approximate surface area is 186 Å². The number of nitrogens with one attached hydrogen (secondary N) is 3. The van der Waals surface area contributed by atoms with E-state index >= 15 is 0 Å². The number of nitrogens with zero attached hydrogens (tertiary/aromatic N) is 2. The van der Waals surface area contributed by atoms with Gasteiger partial charge < -0.3 is 25.6 Å². The molecule has 2 amide bonds. The molecule has 32 heavy (non-hydrogen) atoms. The summed E-state index contributed by atoms with van der Waals surface area (Å²) in [5, 5.41) is 30.6. The van der Waals surface area contributed by atoms with Gasteiger partial charge in [0, 0.05) is 31.0 Å². The van der Waals surface area contributed by atoms with Crippen molar-refractivity contribution in [1.29, 1.82) is 5.26 Å². The first-order chi connectivity index (χ1) is 15.4. The van der Waals surface area contributed by atoms with E-state index < -0.39 is 5.56 Å². The Bertz CT molecular complexity index is 1270. The van der Waals surface area contributed by atoms with Crippen LogP contribution in [0.15, 0.2) is 39.6 Å². The number of hydrogen-bond donors (Lipinski definition) is 4. The number of hydrogen-bond acceptors (Lipinski definition) is 8. The van der Waals surface area contributed by atoms with Crippen molar-refractivity contribution >= 4 is 39.6 Å². The topological polar surface area (TPSA) is 157 Å². The summed E-state index contributed by atoms with van der Waals surface area (Å²) in [6.07, 6.45) is 1.45. The van der Waals surface area contributed by atoms with Crippen LogP contribution in [0.1, 0.15) is 18.1 Å². The highest BCUT2D eigenvalue weighted by Crippen LogP contribution is 2.38. The maximum atomic E-state index is 11.8. The first-order valence-corrected chi connectivity index (χ1v) is 10.3. The Balaban J connectivity index is 1.61. The lowest BCUT2D eigenvalue weighted by Crippen LogP contribution is -2.35. The van der Waals surface area contributed by atoms with E-state index in [4.69, 9.17) is 10.1 Å². The number of oxime groups is 1. The molecule has 2 heterocycles. The van der Waals surface area contributed by atoms with E-state index in [0.717, 1.165) is 11.1 Å². The number of thiophene rings is 1. The van der Waals surface area contributed by atoms with Gasteiger partial charge in [-0.2, -0.15) is 5.26 Å². The molecule has 0 unspecified atom stereocenters. The fourth-order valence-corrected chi connectivity index (χ4v) is 3.80. The Morgan fingerprint density at radius 1 is 1.28 bits per heavy atom. The highest BCUT2D eigenvalue weighted by molar-refractivity contribution is 7.17. The van der Waals surface area contributed by atoms with Gasteiger partial charge in [0.05, 0.1) is 11.6 Å². The number of pyridine rings is 1. The number of rotatable bonds is 8. The molecule has 1 aromatic carbocycles. The molecular formula is C21H19N5O5S. The number of H-pyrrole nitrogens is 1. The average molecular weight is 453 g/mol. The minimum atomic E-state index is -0.626. The summed E-state index contributed by atoms with van der Waals surface area (Å²) < 4.78 is 0. The molecule has 0 saturated carbocycles. The predicted octanol–water partition coefficient (Wildman–Crippen LogP) is 1.44. The largest absolute Gasteiger partial charge is 0.506 e. The average Bonchev–Trinajstić information content (AvgIpc) is 3.19. The van der Waals surface area contributed by atoms with Crippen LogP contribution in [0, 0.1) is 11.3 Å². The van der Waals surface area contributed by atoms with Crippen molar-refractivity contribution in [3.05, 3.63) is 51.1 Å². The van der Waals surface area contributed by atoms with Gasteiger partial charge in [-0.3, -0.25) is 14.4 Å². The van der Waals surface area contributed by atoms with Crippen molar-refractivity contribution in [1.82, 2.24) is 15.6 Å². The van der Waals surface area contributed by atoms with E-state index in [1.807, 2.05) is 0 Å². The molecule has 4 N–H and O–H groups in total. The molecule has 0 aliphatic carbocycles. The zero-order valence-electron chi connectivity index (χ0n) is 17.0. The first kappa shape index (κ1) is 22.5. The van der Waals surface area contributed by atoms with Gasteiger partial charge in [0.1, 0.15) is 16.6 Å². The lowest BCUT2D eigenvalue weighted by molar-refractivity contribution is -0.126. The number of nitriles is 1. The second-order valence-electron chi connectivity index (χ2n) is 6.61. The van der Waals surface area contributed by atoms with Gasteiger partial charge in [-0.05, 0) is 11.1 Å². The molecule has 0 spiro atoms. The van der Waals surface area contributed by atoms with Gasteiger partial charge in [0.15, 0.2) is 12.2 Å². The van der Waals surface area contributed by atoms with E-state index in [1.54, 1.807) is 35.7 Å². The summed E-state index contributed by atoms with van der Waals surface area (Å²) in [6.45, 7) is 1.77. The van der Waals surface area contributed by atoms with Gasteiger partial charge >= 0.3 is 0 Å². The van der Waals surface area contributed by atoms with Crippen molar-refractivity contribution in [2.75, 3.05) is 19.7 Å². The normalized spacial score (nSPS) is 10.8. The molecule has 0 atom stereocenters. The Morgan fingerprint density at radius 3 is 2.69 bits per heavy atom. The Morgan fingerprint density at radius 2 is 2.00 bits per heavy atom. The van der Waals surface area contributed by atoms with Crippen LogP contribution in [-0.4, -0.2) is 47.8 Å². The van der Waals surface area contributed by atoms with Gasteiger partial charge in [-0.25, -0.2) is 0 Å². The fraction of sp³-hybridized carbons (Fsp3) is 0.190. The molecule has 10 nitrogen and oxygen atoms in total. The van der Waals surface area contributed by atoms with Gasteiger partial charge in [0.2, 0.25) is 5.91 Å². The summed E-state index contributed by atoms with van der Waals surface area (Å²) in [5.41, 5.74) is 1.23. The fourth-order valence-electron chi connectivity index (χ4n) is 2.83. The summed E-state index contributed by atoms with van der Waals surface area (Å²) in [6, 6.07) is 8.86. The maximum Gasteiger partial charge on any atom is 0.270 e. The van der Waals surface area contributed by atoms with Crippen LogP contribution in [0.4, 0.5) is 0 Å². The summed E-state index contributed by atoms with van der Waals surface area (Å²) in [5.74, 6) is -0.865. The number of aromatic nitrogens is 1. The van der Waals surface area contributed by atoms with Crippen molar-refractivity contribution in [3.63, 3.8) is 0 Å². The maximum absolute atomic E-state index is 11.8. The van der Waals surface area contributed by atoms with Crippen LogP contribution in [-0.2, 0) is 14.4 Å². The van der Waals surface area contributed by atoms with E-state index in [9.17, 15) is 19.5 Å². The molecule has 2 aromatic heterocycles. The zero-order valence-corrected chi connectivity index (χ0v) is 17.8. The van der Waals surface area contributed by atoms with Crippen LogP contribution in [0.3, 0.4) is 0 Å². The minimum absolute atomic E-state index is 0.169. The number of aromatic amines is 1. The van der Waals surface area contributed by atoms with Crippen molar-refractivity contribution in [2.24, 2.45) is 5.16 Å².